The Hall–Kier alpha value is -3.57. The molecule has 0 aliphatic rings. The number of anilines is 5. The molecule has 174 valence electrons. The van der Waals surface area contributed by atoms with E-state index in [-0.39, 0.29) is 29.3 Å². The maximum absolute atomic E-state index is 11.6. The van der Waals surface area contributed by atoms with E-state index in [2.05, 4.69) is 30.6 Å². The molecule has 0 fully saturated rings. The Kier molecular flexibility index (Phi) is 7.91. The summed E-state index contributed by atoms with van der Waals surface area (Å²) in [6.07, 6.45) is 2.48. The first-order valence-corrected chi connectivity index (χ1v) is 12.1. The van der Waals surface area contributed by atoms with Crippen LogP contribution in [0.15, 0.2) is 54.7 Å². The Labute approximate surface area is 196 Å². The van der Waals surface area contributed by atoms with Crippen LogP contribution in [-0.4, -0.2) is 43.7 Å². The number of rotatable bonds is 10. The first kappa shape index (κ1) is 24.1. The van der Waals surface area contributed by atoms with E-state index in [9.17, 15) is 13.2 Å². The molecule has 0 aliphatic carbocycles. The molecular formula is C21H23ClN6O4S. The van der Waals surface area contributed by atoms with Crippen molar-refractivity contribution in [1.29, 1.82) is 0 Å². The van der Waals surface area contributed by atoms with E-state index in [1.54, 1.807) is 48.5 Å². The molecule has 0 saturated heterocycles. The molecule has 0 spiro atoms. The number of sulfonamides is 1. The number of nitrogens with zero attached hydrogens (tertiary/aromatic N) is 2. The van der Waals surface area contributed by atoms with Crippen LogP contribution in [0.5, 0.6) is 5.75 Å². The molecule has 0 atom stereocenters. The number of hydrogen-bond acceptors (Lipinski definition) is 8. The summed E-state index contributed by atoms with van der Waals surface area (Å²) in [5.41, 5.74) is 1.45. The van der Waals surface area contributed by atoms with Gasteiger partial charge in [0.2, 0.25) is 16.0 Å². The normalized spacial score (nSPS) is 10.9. The lowest BCUT2D eigenvalue weighted by molar-refractivity contribution is -0.122. The van der Waals surface area contributed by atoms with Crippen LogP contribution in [0, 0.1) is 0 Å². The van der Waals surface area contributed by atoms with Crippen molar-refractivity contribution >= 4 is 56.4 Å². The fraction of sp³-hybridized carbons (Fsp3) is 0.190. The van der Waals surface area contributed by atoms with Gasteiger partial charge in [-0.05, 0) is 31.2 Å². The predicted octanol–water partition coefficient (Wildman–Crippen LogP) is 3.50. The SMILES string of the molecule is CCNC(=O)COc1cccc(Nc2ncc(Cl)c(Nc3ccccc3NS(C)(=O)=O)n2)c1. The first-order chi connectivity index (χ1) is 15.7. The maximum Gasteiger partial charge on any atom is 0.257 e. The third-order valence-corrected chi connectivity index (χ3v) is 4.92. The minimum atomic E-state index is -3.47. The maximum atomic E-state index is 11.6. The third kappa shape index (κ3) is 7.51. The number of carbonyl (C=O) groups excluding carboxylic acids is 1. The van der Waals surface area contributed by atoms with Gasteiger partial charge in [0.05, 0.1) is 23.8 Å². The number of amides is 1. The largest absolute Gasteiger partial charge is 0.484 e. The van der Waals surface area contributed by atoms with E-state index in [0.29, 0.717) is 29.4 Å². The molecular weight excluding hydrogens is 468 g/mol. The summed E-state index contributed by atoms with van der Waals surface area (Å²) in [4.78, 5) is 20.1. The van der Waals surface area contributed by atoms with Crippen molar-refractivity contribution in [3.05, 3.63) is 59.8 Å². The van der Waals surface area contributed by atoms with E-state index < -0.39 is 10.0 Å². The summed E-state index contributed by atoms with van der Waals surface area (Å²) in [7, 11) is -3.47. The number of hydrogen-bond donors (Lipinski definition) is 4. The van der Waals surface area contributed by atoms with Gasteiger partial charge < -0.3 is 20.7 Å². The smallest absolute Gasteiger partial charge is 0.257 e. The van der Waals surface area contributed by atoms with Gasteiger partial charge in [0, 0.05) is 18.3 Å². The van der Waals surface area contributed by atoms with Crippen LogP contribution in [0.1, 0.15) is 6.92 Å². The van der Waals surface area contributed by atoms with E-state index in [1.165, 1.54) is 6.20 Å². The molecule has 0 bridgehead atoms. The van der Waals surface area contributed by atoms with E-state index in [4.69, 9.17) is 16.3 Å². The Morgan fingerprint density at radius 2 is 1.85 bits per heavy atom. The van der Waals surface area contributed by atoms with Crippen LogP contribution < -0.4 is 25.4 Å². The number of halogens is 1. The highest BCUT2D eigenvalue weighted by atomic mass is 35.5. The highest BCUT2D eigenvalue weighted by Crippen LogP contribution is 2.30. The highest BCUT2D eigenvalue weighted by Gasteiger charge is 2.11. The number of aromatic nitrogens is 2. The summed E-state index contributed by atoms with van der Waals surface area (Å²) in [6.45, 7) is 2.27. The Morgan fingerprint density at radius 1 is 1.09 bits per heavy atom. The Bertz CT molecular complexity index is 1240. The molecule has 1 aromatic heterocycles. The fourth-order valence-corrected chi connectivity index (χ4v) is 3.43. The van der Waals surface area contributed by atoms with E-state index in [1.807, 2.05) is 6.92 Å². The van der Waals surface area contributed by atoms with Crippen LogP contribution in [0.4, 0.5) is 28.8 Å². The van der Waals surface area contributed by atoms with Gasteiger partial charge in [-0.25, -0.2) is 13.4 Å². The van der Waals surface area contributed by atoms with Gasteiger partial charge in [0.15, 0.2) is 12.4 Å². The molecule has 4 N–H and O–H groups in total. The number of nitrogens with one attached hydrogen (secondary N) is 4. The lowest BCUT2D eigenvalue weighted by Gasteiger charge is -2.14. The van der Waals surface area contributed by atoms with Gasteiger partial charge in [-0.3, -0.25) is 9.52 Å². The average Bonchev–Trinajstić information content (AvgIpc) is 2.75. The zero-order chi connectivity index (χ0) is 23.8. The van der Waals surface area contributed by atoms with Crippen molar-refractivity contribution in [3.63, 3.8) is 0 Å². The molecule has 33 heavy (non-hydrogen) atoms. The van der Waals surface area contributed by atoms with Crippen LogP contribution in [-0.2, 0) is 14.8 Å². The molecule has 0 aliphatic heterocycles. The van der Waals surface area contributed by atoms with Gasteiger partial charge in [0.1, 0.15) is 10.8 Å². The summed E-state index contributed by atoms with van der Waals surface area (Å²) in [6, 6.07) is 13.7. The molecule has 3 rings (SSSR count). The van der Waals surface area contributed by atoms with Crippen LogP contribution in [0.2, 0.25) is 5.02 Å². The van der Waals surface area contributed by atoms with Crippen molar-refractivity contribution in [1.82, 2.24) is 15.3 Å². The van der Waals surface area contributed by atoms with Crippen LogP contribution in [0.3, 0.4) is 0 Å². The number of para-hydroxylation sites is 2. The monoisotopic (exact) mass is 490 g/mol. The summed E-state index contributed by atoms with van der Waals surface area (Å²) < 4.78 is 31.2. The van der Waals surface area contributed by atoms with Gasteiger partial charge in [-0.2, -0.15) is 4.98 Å². The zero-order valence-corrected chi connectivity index (χ0v) is 19.5. The number of ether oxygens (including phenoxy) is 1. The molecule has 12 heteroatoms. The molecule has 0 saturated carbocycles. The van der Waals surface area contributed by atoms with Crippen molar-refractivity contribution in [2.45, 2.75) is 6.92 Å². The highest BCUT2D eigenvalue weighted by molar-refractivity contribution is 7.92. The average molecular weight is 491 g/mol. The topological polar surface area (TPSA) is 134 Å². The second-order valence-corrected chi connectivity index (χ2v) is 8.99. The lowest BCUT2D eigenvalue weighted by atomic mass is 10.2. The van der Waals surface area contributed by atoms with E-state index >= 15 is 0 Å². The van der Waals surface area contributed by atoms with Crippen molar-refractivity contribution in [2.75, 3.05) is 34.8 Å². The van der Waals surface area contributed by atoms with Gasteiger partial charge in [0.25, 0.3) is 5.91 Å². The molecule has 0 radical (unpaired) electrons. The molecule has 1 heterocycles. The third-order valence-electron chi connectivity index (χ3n) is 4.05. The van der Waals surface area contributed by atoms with Gasteiger partial charge >= 0.3 is 0 Å². The fourth-order valence-electron chi connectivity index (χ4n) is 2.71. The number of benzene rings is 2. The predicted molar refractivity (Wildman–Crippen MR) is 129 cm³/mol. The molecule has 1 amide bonds. The second-order valence-electron chi connectivity index (χ2n) is 6.83. The lowest BCUT2D eigenvalue weighted by Crippen LogP contribution is -2.28. The second kappa shape index (κ2) is 10.8. The van der Waals surface area contributed by atoms with E-state index in [0.717, 1.165) is 6.26 Å². The van der Waals surface area contributed by atoms with Crippen LogP contribution in [0.25, 0.3) is 0 Å². The summed E-state index contributed by atoms with van der Waals surface area (Å²) >= 11 is 6.24. The van der Waals surface area contributed by atoms with Crippen molar-refractivity contribution in [2.24, 2.45) is 0 Å². The molecule has 10 nitrogen and oxygen atoms in total. The summed E-state index contributed by atoms with van der Waals surface area (Å²) in [5.74, 6) is 0.814. The quantitative estimate of drug-likeness (QED) is 0.339. The zero-order valence-electron chi connectivity index (χ0n) is 17.9. The van der Waals surface area contributed by atoms with Crippen molar-refractivity contribution < 1.29 is 17.9 Å². The minimum absolute atomic E-state index is 0.0935. The van der Waals surface area contributed by atoms with Crippen molar-refractivity contribution in [3.8, 4) is 5.75 Å². The number of likely N-dealkylation sites (N-methyl/N-ethyl adjacent to an activating group) is 1. The van der Waals surface area contributed by atoms with Gasteiger partial charge in [-0.1, -0.05) is 29.8 Å². The summed E-state index contributed by atoms with van der Waals surface area (Å²) in [5, 5.41) is 8.98. The molecule has 0 unspecified atom stereocenters. The minimum Gasteiger partial charge on any atom is -0.484 e. The number of carbonyl (C=O) groups is 1. The first-order valence-electron chi connectivity index (χ1n) is 9.86. The van der Waals surface area contributed by atoms with Gasteiger partial charge in [-0.15, -0.1) is 0 Å². The molecule has 2 aromatic carbocycles. The Morgan fingerprint density at radius 3 is 2.58 bits per heavy atom. The van der Waals surface area contributed by atoms with Crippen LogP contribution >= 0.6 is 11.6 Å². The Balaban J connectivity index is 1.75. The molecule has 3 aromatic rings. The standard InChI is InChI=1S/C21H23ClN6O4S/c1-3-23-19(29)13-32-15-8-6-7-14(11-15)25-21-24-12-16(22)20(27-21)26-17-9-4-5-10-18(17)28-33(2,30)31/h4-12,28H,3,13H2,1-2H3,(H,23,29)(H2,24,25,26,27).